The van der Waals surface area contributed by atoms with Gasteiger partial charge in [0.2, 0.25) is 0 Å². The molecule has 2 aromatic rings. The van der Waals surface area contributed by atoms with Crippen LogP contribution in [-0.2, 0) is 6.42 Å². The van der Waals surface area contributed by atoms with E-state index in [1.165, 1.54) is 30.0 Å². The number of hydrogen-bond donors (Lipinski definition) is 1. The van der Waals surface area contributed by atoms with Crippen molar-refractivity contribution in [1.82, 2.24) is 15.0 Å². The summed E-state index contributed by atoms with van der Waals surface area (Å²) in [5.41, 5.74) is 0.835. The van der Waals surface area contributed by atoms with Crippen molar-refractivity contribution >= 4 is 5.97 Å². The lowest BCUT2D eigenvalue weighted by Gasteiger charge is -2.07. The highest BCUT2D eigenvalue weighted by atomic mass is 19.1. The van der Waals surface area contributed by atoms with Gasteiger partial charge in [0.05, 0.1) is 18.5 Å². The molecule has 0 fully saturated rings. The quantitative estimate of drug-likeness (QED) is 0.910. The number of methoxy groups -OCH3 is 1. The molecule has 1 N–H and O–H groups in total. The third-order valence-corrected chi connectivity index (χ3v) is 2.68. The molecule has 0 atom stereocenters. The maximum atomic E-state index is 13.3. The zero-order valence-electron chi connectivity index (χ0n) is 10.4. The summed E-state index contributed by atoms with van der Waals surface area (Å²) in [6.07, 6.45) is 0.439. The van der Waals surface area contributed by atoms with Crippen LogP contribution in [0.5, 0.6) is 5.75 Å². The molecule has 7 heteroatoms. The van der Waals surface area contributed by atoms with Gasteiger partial charge in [0.25, 0.3) is 0 Å². The molecule has 0 saturated carbocycles. The van der Waals surface area contributed by atoms with Gasteiger partial charge in [-0.2, -0.15) is 0 Å². The Hall–Kier alpha value is -2.44. The molecule has 0 unspecified atom stereocenters. The van der Waals surface area contributed by atoms with Crippen molar-refractivity contribution < 1.29 is 19.0 Å². The van der Waals surface area contributed by atoms with Gasteiger partial charge >= 0.3 is 5.97 Å². The van der Waals surface area contributed by atoms with E-state index in [1.807, 2.05) is 0 Å². The molecule has 6 nitrogen and oxygen atoms in total. The van der Waals surface area contributed by atoms with E-state index in [0.29, 0.717) is 17.8 Å². The minimum atomic E-state index is -1.14. The standard InChI is InChI=1S/C12H12FN3O3/c1-3-9-11(12(17)18)14-15-16(9)7-4-5-8(13)10(6-7)19-2/h4-6H,3H2,1-2H3,(H,17,18). The summed E-state index contributed by atoms with van der Waals surface area (Å²) < 4.78 is 19.6. The molecule has 2 rings (SSSR count). The number of ether oxygens (including phenoxy) is 1. The van der Waals surface area contributed by atoms with E-state index in [0.717, 1.165) is 0 Å². The van der Waals surface area contributed by atoms with E-state index in [1.54, 1.807) is 6.92 Å². The van der Waals surface area contributed by atoms with Gasteiger partial charge in [-0.25, -0.2) is 13.9 Å². The van der Waals surface area contributed by atoms with Crippen LogP contribution in [0.1, 0.15) is 23.1 Å². The first kappa shape index (κ1) is 13.0. The van der Waals surface area contributed by atoms with Gasteiger partial charge in [-0.15, -0.1) is 5.10 Å². The minimum Gasteiger partial charge on any atom is -0.494 e. The number of carboxylic acid groups (broad SMARTS) is 1. The number of rotatable bonds is 4. The summed E-state index contributed by atoms with van der Waals surface area (Å²) >= 11 is 0. The third kappa shape index (κ3) is 2.26. The summed E-state index contributed by atoms with van der Waals surface area (Å²) in [7, 11) is 1.35. The number of halogens is 1. The maximum Gasteiger partial charge on any atom is 0.358 e. The van der Waals surface area contributed by atoms with Crippen molar-refractivity contribution in [2.75, 3.05) is 7.11 Å². The van der Waals surface area contributed by atoms with Crippen LogP contribution in [0.3, 0.4) is 0 Å². The van der Waals surface area contributed by atoms with Crippen molar-refractivity contribution in [1.29, 1.82) is 0 Å². The highest BCUT2D eigenvalue weighted by Gasteiger charge is 2.19. The molecule has 0 spiro atoms. The zero-order chi connectivity index (χ0) is 14.0. The van der Waals surface area contributed by atoms with Gasteiger partial charge in [0.1, 0.15) is 0 Å². The molecule has 0 bridgehead atoms. The Morgan fingerprint density at radius 1 is 1.53 bits per heavy atom. The van der Waals surface area contributed by atoms with Crippen LogP contribution in [0.15, 0.2) is 18.2 Å². The summed E-state index contributed by atoms with van der Waals surface area (Å²) in [4.78, 5) is 11.0. The van der Waals surface area contributed by atoms with Crippen molar-refractivity contribution in [3.8, 4) is 11.4 Å². The monoisotopic (exact) mass is 265 g/mol. The molecular formula is C12H12FN3O3. The summed E-state index contributed by atoms with van der Waals surface area (Å²) in [5, 5.41) is 16.4. The number of hydrogen-bond acceptors (Lipinski definition) is 4. The van der Waals surface area contributed by atoms with E-state index < -0.39 is 11.8 Å². The van der Waals surface area contributed by atoms with Gasteiger partial charge in [-0.3, -0.25) is 0 Å². The van der Waals surface area contributed by atoms with Crippen LogP contribution >= 0.6 is 0 Å². The Kier molecular flexibility index (Phi) is 3.46. The Bertz CT molecular complexity index is 625. The van der Waals surface area contributed by atoms with E-state index in [4.69, 9.17) is 9.84 Å². The fourth-order valence-corrected chi connectivity index (χ4v) is 1.77. The van der Waals surface area contributed by atoms with Gasteiger partial charge in [0.15, 0.2) is 17.3 Å². The van der Waals surface area contributed by atoms with Crippen molar-refractivity contribution in [3.63, 3.8) is 0 Å². The van der Waals surface area contributed by atoms with Gasteiger partial charge in [0, 0.05) is 6.07 Å². The second-order valence-corrected chi connectivity index (χ2v) is 3.77. The number of aromatic carboxylic acids is 1. The van der Waals surface area contributed by atoms with Crippen LogP contribution in [0.25, 0.3) is 5.69 Å². The molecule has 0 saturated heterocycles. The van der Waals surface area contributed by atoms with Crippen LogP contribution in [0.2, 0.25) is 0 Å². The van der Waals surface area contributed by atoms with E-state index in [-0.39, 0.29) is 11.4 Å². The largest absolute Gasteiger partial charge is 0.494 e. The molecular weight excluding hydrogens is 253 g/mol. The molecule has 1 heterocycles. The fourth-order valence-electron chi connectivity index (χ4n) is 1.77. The lowest BCUT2D eigenvalue weighted by Crippen LogP contribution is -2.06. The predicted octanol–water partition coefficient (Wildman–Crippen LogP) is 1.68. The Morgan fingerprint density at radius 2 is 2.26 bits per heavy atom. The Balaban J connectivity index is 2.56. The van der Waals surface area contributed by atoms with Crippen molar-refractivity contribution in [3.05, 3.63) is 35.4 Å². The van der Waals surface area contributed by atoms with Crippen molar-refractivity contribution in [2.45, 2.75) is 13.3 Å². The molecule has 1 aromatic heterocycles. The molecule has 0 aliphatic carbocycles. The predicted molar refractivity (Wildman–Crippen MR) is 64.2 cm³/mol. The number of carbonyl (C=O) groups is 1. The number of nitrogens with zero attached hydrogens (tertiary/aromatic N) is 3. The Labute approximate surface area is 108 Å². The highest BCUT2D eigenvalue weighted by molar-refractivity contribution is 5.86. The average molecular weight is 265 g/mol. The van der Waals surface area contributed by atoms with Crippen LogP contribution < -0.4 is 4.74 Å². The molecule has 0 aliphatic rings. The van der Waals surface area contributed by atoms with Gasteiger partial charge in [-0.05, 0) is 18.6 Å². The zero-order valence-corrected chi connectivity index (χ0v) is 10.4. The van der Waals surface area contributed by atoms with E-state index in [2.05, 4.69) is 10.3 Å². The first-order valence-corrected chi connectivity index (χ1v) is 5.60. The Morgan fingerprint density at radius 3 is 2.84 bits per heavy atom. The first-order chi connectivity index (χ1) is 9.08. The number of carboxylic acids is 1. The third-order valence-electron chi connectivity index (χ3n) is 2.68. The van der Waals surface area contributed by atoms with E-state index in [9.17, 15) is 9.18 Å². The molecule has 0 amide bonds. The normalized spacial score (nSPS) is 10.5. The first-order valence-electron chi connectivity index (χ1n) is 5.60. The van der Waals surface area contributed by atoms with E-state index >= 15 is 0 Å². The molecule has 0 radical (unpaired) electrons. The maximum absolute atomic E-state index is 13.3. The van der Waals surface area contributed by atoms with Gasteiger partial charge < -0.3 is 9.84 Å². The minimum absolute atomic E-state index is 0.0620. The molecule has 1 aromatic carbocycles. The summed E-state index contributed by atoms with van der Waals surface area (Å²) in [6, 6.07) is 4.15. The summed E-state index contributed by atoms with van der Waals surface area (Å²) in [5.74, 6) is -1.58. The number of benzene rings is 1. The fraction of sp³-hybridized carbons (Fsp3) is 0.250. The second kappa shape index (κ2) is 5.05. The average Bonchev–Trinajstić information content (AvgIpc) is 2.83. The van der Waals surface area contributed by atoms with Gasteiger partial charge in [-0.1, -0.05) is 12.1 Å². The summed E-state index contributed by atoms with van der Waals surface area (Å²) in [6.45, 7) is 1.79. The smallest absolute Gasteiger partial charge is 0.358 e. The highest BCUT2D eigenvalue weighted by Crippen LogP contribution is 2.22. The lowest BCUT2D eigenvalue weighted by molar-refractivity contribution is 0.0689. The van der Waals surface area contributed by atoms with Crippen molar-refractivity contribution in [2.24, 2.45) is 0 Å². The number of aromatic nitrogens is 3. The molecule has 0 aliphatic heterocycles. The van der Waals surface area contributed by atoms with Crippen LogP contribution in [-0.4, -0.2) is 33.2 Å². The molecule has 100 valence electrons. The second-order valence-electron chi connectivity index (χ2n) is 3.77. The van der Waals surface area contributed by atoms with Crippen LogP contribution in [0, 0.1) is 5.82 Å². The van der Waals surface area contributed by atoms with Crippen LogP contribution in [0.4, 0.5) is 4.39 Å². The topological polar surface area (TPSA) is 77.2 Å². The lowest BCUT2D eigenvalue weighted by atomic mass is 10.2. The SMILES string of the molecule is CCc1c(C(=O)O)nnn1-c1ccc(F)c(OC)c1. The molecule has 19 heavy (non-hydrogen) atoms.